The minimum atomic E-state index is -4.15. The van der Waals surface area contributed by atoms with E-state index in [1.165, 1.54) is 11.9 Å². The first-order valence-electron chi connectivity index (χ1n) is 9.24. The Morgan fingerprint density at radius 3 is 2.42 bits per heavy atom. The Kier molecular flexibility index (Phi) is 9.67. The van der Waals surface area contributed by atoms with E-state index >= 15 is 0 Å². The van der Waals surface area contributed by atoms with Crippen molar-refractivity contribution in [1.29, 1.82) is 0 Å². The summed E-state index contributed by atoms with van der Waals surface area (Å²) in [5.74, 6) is 0.701. The predicted octanol–water partition coefficient (Wildman–Crippen LogP) is 1.54. The van der Waals surface area contributed by atoms with Gasteiger partial charge in [0.15, 0.2) is 5.96 Å². The molecule has 0 radical (unpaired) electrons. The highest BCUT2D eigenvalue weighted by molar-refractivity contribution is 5.79. The number of hydrogen-bond acceptors (Lipinski definition) is 4. The number of alkyl halides is 3. The van der Waals surface area contributed by atoms with Crippen LogP contribution in [0.25, 0.3) is 0 Å². The van der Waals surface area contributed by atoms with E-state index in [1.54, 1.807) is 0 Å². The minimum Gasteiger partial charge on any atom is -0.379 e. The first-order valence-corrected chi connectivity index (χ1v) is 9.24. The zero-order valence-electron chi connectivity index (χ0n) is 16.5. The summed E-state index contributed by atoms with van der Waals surface area (Å²) in [7, 11) is 1.48. The molecule has 1 fully saturated rings. The van der Waals surface area contributed by atoms with Crippen molar-refractivity contribution in [3.8, 4) is 0 Å². The maximum absolute atomic E-state index is 12.3. The minimum absolute atomic E-state index is 0.0704. The fraction of sp³-hybridized carbons (Fsp3) is 0.941. The number of nitrogens with zero attached hydrogens (tertiary/aromatic N) is 3. The summed E-state index contributed by atoms with van der Waals surface area (Å²) in [6.07, 6.45) is -3.53. The van der Waals surface area contributed by atoms with Crippen LogP contribution < -0.4 is 10.6 Å². The van der Waals surface area contributed by atoms with E-state index in [9.17, 15) is 13.2 Å². The molecule has 1 rings (SSSR count). The van der Waals surface area contributed by atoms with Gasteiger partial charge in [-0.1, -0.05) is 0 Å². The highest BCUT2D eigenvalue weighted by Gasteiger charge is 2.29. The van der Waals surface area contributed by atoms with Crippen molar-refractivity contribution >= 4 is 5.96 Å². The largest absolute Gasteiger partial charge is 0.401 e. The summed E-state index contributed by atoms with van der Waals surface area (Å²) < 4.78 is 42.3. The lowest BCUT2D eigenvalue weighted by Gasteiger charge is -2.39. The maximum Gasteiger partial charge on any atom is 0.401 e. The van der Waals surface area contributed by atoms with Gasteiger partial charge in [0.05, 0.1) is 26.3 Å². The smallest absolute Gasteiger partial charge is 0.379 e. The number of hydrogen-bond donors (Lipinski definition) is 2. The molecular weight excluding hydrogens is 347 g/mol. The van der Waals surface area contributed by atoms with Gasteiger partial charge < -0.3 is 15.4 Å². The lowest BCUT2D eigenvalue weighted by Crippen LogP contribution is -2.52. The molecule has 0 atom stereocenters. The van der Waals surface area contributed by atoms with Crippen molar-refractivity contribution in [2.24, 2.45) is 4.99 Å². The van der Waals surface area contributed by atoms with Crippen molar-refractivity contribution in [2.45, 2.75) is 38.9 Å². The first-order chi connectivity index (χ1) is 12.1. The molecule has 154 valence electrons. The van der Waals surface area contributed by atoms with Crippen molar-refractivity contribution in [3.63, 3.8) is 0 Å². The van der Waals surface area contributed by atoms with Gasteiger partial charge in [-0.25, -0.2) is 0 Å². The number of halogens is 3. The Balaban J connectivity index is 2.40. The first kappa shape index (κ1) is 23.0. The Bertz CT molecular complexity index is 423. The molecule has 2 N–H and O–H groups in total. The van der Waals surface area contributed by atoms with Gasteiger partial charge in [0.25, 0.3) is 0 Å². The second-order valence-electron chi connectivity index (χ2n) is 7.24. The van der Waals surface area contributed by atoms with E-state index in [1.807, 2.05) is 6.92 Å². The van der Waals surface area contributed by atoms with Crippen LogP contribution in [0, 0.1) is 0 Å². The Morgan fingerprint density at radius 2 is 1.85 bits per heavy atom. The van der Waals surface area contributed by atoms with Gasteiger partial charge in [-0.15, -0.1) is 0 Å². The van der Waals surface area contributed by atoms with Crippen molar-refractivity contribution < 1.29 is 17.9 Å². The summed E-state index contributed by atoms with van der Waals surface area (Å²) >= 11 is 0. The predicted molar refractivity (Wildman–Crippen MR) is 98.6 cm³/mol. The van der Waals surface area contributed by atoms with Gasteiger partial charge in [-0.2, -0.15) is 13.2 Å². The highest BCUT2D eigenvalue weighted by Crippen LogP contribution is 2.17. The van der Waals surface area contributed by atoms with E-state index in [4.69, 9.17) is 4.74 Å². The summed E-state index contributed by atoms with van der Waals surface area (Å²) in [6.45, 7) is 11.1. The molecule has 0 aromatic carbocycles. The number of morpholine rings is 1. The van der Waals surface area contributed by atoms with Crippen LogP contribution >= 0.6 is 0 Å². The fourth-order valence-corrected chi connectivity index (χ4v) is 2.82. The molecule has 0 aromatic rings. The Hall–Kier alpha value is -1.06. The van der Waals surface area contributed by atoms with Crippen LogP contribution in [0.2, 0.25) is 0 Å². The molecule has 0 amide bonds. The van der Waals surface area contributed by atoms with E-state index in [-0.39, 0.29) is 5.54 Å². The van der Waals surface area contributed by atoms with Crippen LogP contribution in [0.3, 0.4) is 0 Å². The van der Waals surface area contributed by atoms with Crippen LogP contribution in [0.1, 0.15) is 27.2 Å². The Labute approximate surface area is 155 Å². The van der Waals surface area contributed by atoms with Gasteiger partial charge in [-0.05, 0) is 40.8 Å². The molecular formula is C17H34F3N5O. The summed E-state index contributed by atoms with van der Waals surface area (Å²) in [5.41, 5.74) is -0.0704. The number of rotatable bonds is 9. The average Bonchev–Trinajstić information content (AvgIpc) is 2.55. The molecule has 1 aliphatic rings. The van der Waals surface area contributed by atoms with E-state index < -0.39 is 12.7 Å². The molecule has 0 unspecified atom stereocenters. The number of guanidine groups is 1. The van der Waals surface area contributed by atoms with Gasteiger partial charge in [0, 0.05) is 31.7 Å². The lowest BCUT2D eigenvalue weighted by molar-refractivity contribution is -0.143. The van der Waals surface area contributed by atoms with Crippen molar-refractivity contribution in [1.82, 2.24) is 20.4 Å². The van der Waals surface area contributed by atoms with E-state index in [2.05, 4.69) is 34.4 Å². The van der Waals surface area contributed by atoms with Gasteiger partial charge in [-0.3, -0.25) is 14.8 Å². The number of aliphatic imine (C=N–C) groups is 1. The maximum atomic E-state index is 12.3. The number of nitrogens with one attached hydrogen (secondary N) is 2. The second kappa shape index (κ2) is 10.9. The van der Waals surface area contributed by atoms with Crippen LogP contribution in [-0.4, -0.2) is 93.5 Å². The third kappa shape index (κ3) is 9.59. The molecule has 9 heteroatoms. The van der Waals surface area contributed by atoms with Crippen LogP contribution in [0.15, 0.2) is 4.99 Å². The summed E-state index contributed by atoms with van der Waals surface area (Å²) in [4.78, 5) is 8.31. The summed E-state index contributed by atoms with van der Waals surface area (Å²) in [5, 5.41) is 6.39. The average molecular weight is 381 g/mol. The van der Waals surface area contributed by atoms with Gasteiger partial charge >= 0.3 is 6.18 Å². The highest BCUT2D eigenvalue weighted by atomic mass is 19.4. The molecule has 0 bridgehead atoms. The van der Waals surface area contributed by atoms with Crippen LogP contribution in [0.5, 0.6) is 0 Å². The molecule has 1 aliphatic heterocycles. The fourth-order valence-electron chi connectivity index (χ4n) is 2.82. The van der Waals surface area contributed by atoms with E-state index in [0.29, 0.717) is 32.0 Å². The molecule has 0 spiro atoms. The van der Waals surface area contributed by atoms with Crippen LogP contribution in [0.4, 0.5) is 13.2 Å². The standard InChI is InChI=1S/C17H34F3N5O/c1-5-21-15(22-7-6-8-24(4)14-17(18,19)20)23-13-16(2,3)25-9-11-26-12-10-25/h5-14H2,1-4H3,(H2,21,22,23). The topological polar surface area (TPSA) is 52.1 Å². The molecule has 1 heterocycles. The van der Waals surface area contributed by atoms with Gasteiger partial charge in [0.1, 0.15) is 0 Å². The van der Waals surface area contributed by atoms with Crippen molar-refractivity contribution in [3.05, 3.63) is 0 Å². The third-order valence-electron chi connectivity index (χ3n) is 4.29. The molecule has 6 nitrogen and oxygen atoms in total. The molecule has 0 saturated carbocycles. The SMILES string of the molecule is CCNC(=NCC(C)(C)N1CCOCC1)NCCCN(C)CC(F)(F)F. The third-order valence-corrected chi connectivity index (χ3v) is 4.29. The molecule has 0 aromatic heterocycles. The Morgan fingerprint density at radius 1 is 1.19 bits per heavy atom. The van der Waals surface area contributed by atoms with Crippen molar-refractivity contribution in [2.75, 3.05) is 66.1 Å². The quantitative estimate of drug-likeness (QED) is 0.361. The van der Waals surface area contributed by atoms with E-state index in [0.717, 1.165) is 32.8 Å². The zero-order chi connectivity index (χ0) is 19.6. The lowest BCUT2D eigenvalue weighted by atomic mass is 10.0. The monoisotopic (exact) mass is 381 g/mol. The summed E-state index contributed by atoms with van der Waals surface area (Å²) in [6, 6.07) is 0. The number of ether oxygens (including phenoxy) is 1. The zero-order valence-corrected chi connectivity index (χ0v) is 16.5. The molecule has 0 aliphatic carbocycles. The second-order valence-corrected chi connectivity index (χ2v) is 7.24. The van der Waals surface area contributed by atoms with Crippen LogP contribution in [-0.2, 0) is 4.74 Å². The molecule has 26 heavy (non-hydrogen) atoms. The van der Waals surface area contributed by atoms with Gasteiger partial charge in [0.2, 0.25) is 0 Å². The normalized spacial score (nSPS) is 17.6. The molecule has 1 saturated heterocycles.